The highest BCUT2D eigenvalue weighted by Crippen LogP contribution is 1.67. The third-order valence-electron chi connectivity index (χ3n) is 0.188. The van der Waals surface area contributed by atoms with Crippen LogP contribution in [0.4, 0.5) is 9.59 Å². The summed E-state index contributed by atoms with van der Waals surface area (Å²) in [7, 11) is 0. The summed E-state index contributed by atoms with van der Waals surface area (Å²) in [5.41, 5.74) is 0. The standard InChI is InChI=1S/C2H4O4.CH2O3.2H3N/c3-1-6-2(4)5;2-1(3)4;;/h3H,1H2,(H,4,5);(H2,2,3,4);2*1H3. The molecule has 0 aromatic rings. The van der Waals surface area contributed by atoms with Crippen LogP contribution in [0, 0.1) is 0 Å². The van der Waals surface area contributed by atoms with E-state index in [-0.39, 0.29) is 12.3 Å². The van der Waals surface area contributed by atoms with Crippen molar-refractivity contribution in [2.45, 2.75) is 0 Å². The lowest BCUT2D eigenvalue weighted by atomic mass is 11.3. The largest absolute Gasteiger partial charge is 0.507 e. The number of ether oxygens (including phenoxy) is 1. The van der Waals surface area contributed by atoms with Gasteiger partial charge in [0.2, 0.25) is 0 Å². The molecule has 0 aliphatic carbocycles. The van der Waals surface area contributed by atoms with Gasteiger partial charge in [0.1, 0.15) is 0 Å². The van der Waals surface area contributed by atoms with Crippen molar-refractivity contribution in [3.8, 4) is 0 Å². The molecule has 0 spiro atoms. The van der Waals surface area contributed by atoms with Crippen LogP contribution in [0.25, 0.3) is 0 Å². The Kier molecular flexibility index (Phi) is 30.3. The van der Waals surface area contributed by atoms with Gasteiger partial charge < -0.3 is 37.5 Å². The number of hydrogen-bond donors (Lipinski definition) is 6. The van der Waals surface area contributed by atoms with Crippen LogP contribution in [0.15, 0.2) is 0 Å². The van der Waals surface area contributed by atoms with Crippen molar-refractivity contribution in [2.24, 2.45) is 0 Å². The lowest BCUT2D eigenvalue weighted by molar-refractivity contribution is 0.0137. The third kappa shape index (κ3) is 230. The second kappa shape index (κ2) is 16.2. The number of aliphatic hydroxyl groups excluding tert-OH is 1. The summed E-state index contributed by atoms with van der Waals surface area (Å²) in [6.07, 6.45) is -3.29. The van der Waals surface area contributed by atoms with Gasteiger partial charge in [0.15, 0.2) is 6.79 Å². The molecule has 76 valence electrons. The highest BCUT2D eigenvalue weighted by Gasteiger charge is 1.87. The molecule has 0 aromatic carbocycles. The molecule has 0 aliphatic heterocycles. The van der Waals surface area contributed by atoms with Gasteiger partial charge in [-0.3, -0.25) is 0 Å². The molecule has 0 radical (unpaired) electrons. The van der Waals surface area contributed by atoms with E-state index in [0.717, 1.165) is 0 Å². The Bertz CT molecular complexity index is 111. The maximum atomic E-state index is 9.22. The number of carbonyl (C=O) groups is 2. The zero-order valence-electron chi connectivity index (χ0n) is 6.13. The van der Waals surface area contributed by atoms with Gasteiger partial charge in [0.25, 0.3) is 0 Å². The fourth-order valence-electron chi connectivity index (χ4n) is 0.0552. The van der Waals surface area contributed by atoms with Crippen molar-refractivity contribution in [3.63, 3.8) is 0 Å². The van der Waals surface area contributed by atoms with Gasteiger partial charge in [-0.2, -0.15) is 0 Å². The first-order chi connectivity index (χ1) is 4.50. The number of hydrogen-bond acceptors (Lipinski definition) is 6. The molecule has 12 heavy (non-hydrogen) atoms. The summed E-state index contributed by atoms with van der Waals surface area (Å²) < 4.78 is 3.51. The summed E-state index contributed by atoms with van der Waals surface area (Å²) in [5.74, 6) is 0. The molecule has 9 heteroatoms. The monoisotopic (exact) mass is 188 g/mol. The summed E-state index contributed by atoms with van der Waals surface area (Å²) >= 11 is 0. The van der Waals surface area contributed by atoms with Crippen molar-refractivity contribution < 1.29 is 34.8 Å². The van der Waals surface area contributed by atoms with Gasteiger partial charge in [-0.1, -0.05) is 0 Å². The van der Waals surface area contributed by atoms with E-state index >= 15 is 0 Å². The normalized spacial score (nSPS) is 5.75. The molecule has 0 aromatic heterocycles. The first-order valence-corrected chi connectivity index (χ1v) is 1.89. The van der Waals surface area contributed by atoms with Crippen LogP contribution in [0.5, 0.6) is 0 Å². The van der Waals surface area contributed by atoms with Crippen molar-refractivity contribution in [2.75, 3.05) is 6.79 Å². The van der Waals surface area contributed by atoms with E-state index < -0.39 is 19.1 Å². The van der Waals surface area contributed by atoms with Crippen LogP contribution >= 0.6 is 0 Å². The zero-order valence-corrected chi connectivity index (χ0v) is 6.13. The predicted molar refractivity (Wildman–Crippen MR) is 36.9 cm³/mol. The Morgan fingerprint density at radius 1 is 1.08 bits per heavy atom. The van der Waals surface area contributed by atoms with Gasteiger partial charge in [-0.05, 0) is 0 Å². The van der Waals surface area contributed by atoms with E-state index in [9.17, 15) is 4.79 Å². The minimum Gasteiger partial charge on any atom is -0.450 e. The van der Waals surface area contributed by atoms with Gasteiger partial charge in [0, 0.05) is 0 Å². The Labute approximate surface area is 67.4 Å². The van der Waals surface area contributed by atoms with Crippen LogP contribution in [-0.4, -0.2) is 39.5 Å². The van der Waals surface area contributed by atoms with Crippen LogP contribution in [-0.2, 0) is 4.74 Å². The summed E-state index contributed by atoms with van der Waals surface area (Å²) in [4.78, 5) is 17.8. The first kappa shape index (κ1) is 22.4. The maximum Gasteiger partial charge on any atom is 0.507 e. The van der Waals surface area contributed by atoms with Crippen molar-refractivity contribution in [1.82, 2.24) is 12.3 Å². The van der Waals surface area contributed by atoms with Gasteiger partial charge >= 0.3 is 12.3 Å². The fraction of sp³-hybridized carbons (Fsp3) is 0.333. The lowest BCUT2D eigenvalue weighted by Gasteiger charge is -1.86. The highest BCUT2D eigenvalue weighted by molar-refractivity contribution is 5.56. The Morgan fingerprint density at radius 2 is 1.33 bits per heavy atom. The summed E-state index contributed by atoms with van der Waals surface area (Å²) in [6.45, 7) is -0.769. The van der Waals surface area contributed by atoms with E-state index in [4.69, 9.17) is 25.2 Å². The molecule has 0 atom stereocenters. The molecule has 0 bridgehead atoms. The maximum absolute atomic E-state index is 9.22. The number of rotatable bonds is 1. The van der Waals surface area contributed by atoms with E-state index in [1.165, 1.54) is 0 Å². The minimum absolute atomic E-state index is 0. The van der Waals surface area contributed by atoms with Gasteiger partial charge in [-0.15, -0.1) is 0 Å². The third-order valence-corrected chi connectivity index (χ3v) is 0.188. The molecule has 0 rings (SSSR count). The molecular weight excluding hydrogens is 176 g/mol. The topological polar surface area (TPSA) is 194 Å². The molecule has 9 nitrogen and oxygen atoms in total. The zero-order chi connectivity index (χ0) is 8.57. The van der Waals surface area contributed by atoms with Crippen molar-refractivity contribution >= 4 is 12.3 Å². The van der Waals surface area contributed by atoms with Crippen LogP contribution in [0.3, 0.4) is 0 Å². The quantitative estimate of drug-likeness (QED) is 0.245. The smallest absolute Gasteiger partial charge is 0.450 e. The van der Waals surface area contributed by atoms with E-state index in [1.54, 1.807) is 0 Å². The number of carboxylic acid groups (broad SMARTS) is 3. The van der Waals surface area contributed by atoms with Gasteiger partial charge in [-0.25, -0.2) is 9.59 Å². The van der Waals surface area contributed by atoms with Crippen LogP contribution in [0.2, 0.25) is 0 Å². The first-order valence-electron chi connectivity index (χ1n) is 1.89. The average Bonchev–Trinajstić information content (AvgIpc) is 1.62. The molecule has 0 saturated heterocycles. The summed E-state index contributed by atoms with van der Waals surface area (Å²) in [5, 5.41) is 29.1. The molecule has 0 aliphatic rings. The highest BCUT2D eigenvalue weighted by atomic mass is 16.7. The molecule has 0 saturated carbocycles. The van der Waals surface area contributed by atoms with Gasteiger partial charge in [0.05, 0.1) is 0 Å². The van der Waals surface area contributed by atoms with E-state index in [1.807, 2.05) is 0 Å². The lowest BCUT2D eigenvalue weighted by Crippen LogP contribution is -1.99. The molecule has 0 amide bonds. The molecule has 10 N–H and O–H groups in total. The van der Waals surface area contributed by atoms with Crippen LogP contribution < -0.4 is 12.3 Å². The molecule has 0 heterocycles. The SMILES string of the molecule is N.N.O=C(O)O.O=C(O)OCO. The molecule has 0 fully saturated rings. The van der Waals surface area contributed by atoms with Crippen molar-refractivity contribution in [3.05, 3.63) is 0 Å². The van der Waals surface area contributed by atoms with Crippen LogP contribution in [0.1, 0.15) is 0 Å². The Morgan fingerprint density at radius 3 is 1.33 bits per heavy atom. The second-order valence-corrected chi connectivity index (χ2v) is 0.822. The fourth-order valence-corrected chi connectivity index (χ4v) is 0.0552. The molecule has 0 unspecified atom stereocenters. The second-order valence-electron chi connectivity index (χ2n) is 0.822. The summed E-state index contributed by atoms with van der Waals surface area (Å²) in [6, 6.07) is 0. The predicted octanol–water partition coefficient (Wildman–Crippen LogP) is 0.177. The Balaban J connectivity index is -0.0000000483. The number of aliphatic hydroxyl groups is 1. The minimum atomic E-state index is -1.83. The van der Waals surface area contributed by atoms with Crippen molar-refractivity contribution in [1.29, 1.82) is 0 Å². The molecular formula is C3H12N2O7. The van der Waals surface area contributed by atoms with E-state index in [2.05, 4.69) is 4.74 Å². The average molecular weight is 188 g/mol. The van der Waals surface area contributed by atoms with E-state index in [0.29, 0.717) is 0 Å². The Hall–Kier alpha value is -1.58.